The van der Waals surface area contributed by atoms with Gasteiger partial charge in [-0.3, -0.25) is 19.3 Å². The Morgan fingerprint density at radius 2 is 1.89 bits per heavy atom. The number of hydrogen-bond acceptors (Lipinski definition) is 4. The van der Waals surface area contributed by atoms with Crippen molar-refractivity contribution in [2.24, 2.45) is 17.8 Å². The first kappa shape index (κ1) is 18.7. The van der Waals surface area contributed by atoms with Gasteiger partial charge in [0.2, 0.25) is 5.91 Å². The molecule has 7 nitrogen and oxygen atoms in total. The molecule has 1 saturated heterocycles. The monoisotopic (exact) mass is 383 g/mol. The van der Waals surface area contributed by atoms with Crippen molar-refractivity contribution in [3.05, 3.63) is 29.8 Å². The van der Waals surface area contributed by atoms with Gasteiger partial charge in [0.15, 0.2) is 0 Å². The molecule has 1 aromatic carbocycles. The molecule has 0 spiro atoms. The Morgan fingerprint density at radius 3 is 2.54 bits per heavy atom. The molecule has 0 aromatic heterocycles. The fourth-order valence-electron chi connectivity index (χ4n) is 5.14. The number of carbonyl (C=O) groups excluding carboxylic acids is 4. The van der Waals surface area contributed by atoms with Gasteiger partial charge < -0.3 is 5.32 Å². The number of amides is 5. The average Bonchev–Trinajstić information content (AvgIpc) is 3.35. The van der Waals surface area contributed by atoms with Gasteiger partial charge in [-0.2, -0.15) is 0 Å². The summed E-state index contributed by atoms with van der Waals surface area (Å²) < 4.78 is 0. The van der Waals surface area contributed by atoms with Crippen molar-refractivity contribution in [3.63, 3.8) is 0 Å². The van der Waals surface area contributed by atoms with Crippen LogP contribution in [-0.4, -0.2) is 46.1 Å². The van der Waals surface area contributed by atoms with Crippen LogP contribution in [0.25, 0.3) is 0 Å². The highest BCUT2D eigenvalue weighted by Crippen LogP contribution is 2.50. The van der Waals surface area contributed by atoms with E-state index < -0.39 is 30.3 Å². The summed E-state index contributed by atoms with van der Waals surface area (Å²) >= 11 is 0. The van der Waals surface area contributed by atoms with Gasteiger partial charge >= 0.3 is 17.8 Å². The summed E-state index contributed by atoms with van der Waals surface area (Å²) in [6.45, 7) is 3.24. The summed E-state index contributed by atoms with van der Waals surface area (Å²) in [5.74, 6) is -0.784. The van der Waals surface area contributed by atoms with Gasteiger partial charge in [-0.1, -0.05) is 24.6 Å². The molecule has 28 heavy (non-hydrogen) atoms. The third-order valence-corrected chi connectivity index (χ3v) is 6.62. The van der Waals surface area contributed by atoms with E-state index in [9.17, 15) is 19.2 Å². The van der Waals surface area contributed by atoms with E-state index in [1.54, 1.807) is 12.1 Å². The molecule has 0 radical (unpaired) electrons. The minimum absolute atomic E-state index is 0.250. The van der Waals surface area contributed by atoms with Crippen LogP contribution < -0.4 is 5.32 Å². The number of nitrogens with one attached hydrogen (secondary N) is 1. The Balaban J connectivity index is 1.44. The largest absolute Gasteiger partial charge is 0.334 e. The summed E-state index contributed by atoms with van der Waals surface area (Å²) in [7, 11) is 0. The third-order valence-electron chi connectivity index (χ3n) is 6.62. The SMILES string of the molecule is Cc1ccccc1NC(=O)CN1C(=O)C(=O)N([C@@H](C)[C@H]2C[C@H]3CC[C@H]2C3)C1=O. The lowest BCUT2D eigenvalue weighted by atomic mass is 9.83. The molecule has 1 heterocycles. The smallest absolute Gasteiger partial charge is 0.324 e. The van der Waals surface area contributed by atoms with Crippen molar-refractivity contribution in [2.45, 2.75) is 45.6 Å². The van der Waals surface area contributed by atoms with Crippen LogP contribution in [0.1, 0.15) is 38.2 Å². The zero-order valence-electron chi connectivity index (χ0n) is 16.2. The molecular weight excluding hydrogens is 358 g/mol. The molecule has 2 bridgehead atoms. The van der Waals surface area contributed by atoms with E-state index in [2.05, 4.69) is 5.32 Å². The molecule has 2 saturated carbocycles. The Bertz CT molecular complexity index is 852. The Morgan fingerprint density at radius 1 is 1.14 bits per heavy atom. The second-order valence-corrected chi connectivity index (χ2v) is 8.29. The Kier molecular flexibility index (Phi) is 4.69. The van der Waals surface area contributed by atoms with Crippen LogP contribution in [0, 0.1) is 24.7 Å². The van der Waals surface area contributed by atoms with E-state index >= 15 is 0 Å². The number of aryl methyl sites for hydroxylation is 1. The van der Waals surface area contributed by atoms with Crippen molar-refractivity contribution in [1.29, 1.82) is 0 Å². The molecule has 1 aliphatic heterocycles. The van der Waals surface area contributed by atoms with Gasteiger partial charge in [-0.25, -0.2) is 9.69 Å². The highest BCUT2D eigenvalue weighted by atomic mass is 16.2. The number of carbonyl (C=O) groups is 4. The molecule has 4 atom stereocenters. The number of benzene rings is 1. The molecule has 2 aliphatic carbocycles. The lowest BCUT2D eigenvalue weighted by molar-refractivity contribution is -0.144. The number of rotatable bonds is 5. The minimum atomic E-state index is -0.917. The lowest BCUT2D eigenvalue weighted by Crippen LogP contribution is -2.45. The molecule has 3 aliphatic rings. The fraction of sp³-hybridized carbons (Fsp3) is 0.524. The first-order valence-electron chi connectivity index (χ1n) is 9.91. The first-order valence-corrected chi connectivity index (χ1v) is 9.91. The van der Waals surface area contributed by atoms with Gasteiger partial charge in [0.05, 0.1) is 0 Å². The fourth-order valence-corrected chi connectivity index (χ4v) is 5.14. The van der Waals surface area contributed by atoms with E-state index in [-0.39, 0.29) is 12.0 Å². The molecule has 1 N–H and O–H groups in total. The van der Waals surface area contributed by atoms with Crippen molar-refractivity contribution in [3.8, 4) is 0 Å². The number of anilines is 1. The average molecular weight is 383 g/mol. The zero-order valence-corrected chi connectivity index (χ0v) is 16.2. The summed E-state index contributed by atoms with van der Waals surface area (Å²) in [5, 5.41) is 2.70. The first-order chi connectivity index (χ1) is 13.4. The number of fused-ring (bicyclic) bond motifs is 2. The molecule has 4 rings (SSSR count). The molecule has 5 amide bonds. The van der Waals surface area contributed by atoms with Crippen molar-refractivity contribution in [2.75, 3.05) is 11.9 Å². The summed E-state index contributed by atoms with van der Waals surface area (Å²) in [4.78, 5) is 51.9. The molecular formula is C21H25N3O4. The molecule has 148 valence electrons. The van der Waals surface area contributed by atoms with E-state index in [4.69, 9.17) is 0 Å². The van der Waals surface area contributed by atoms with Gasteiger partial charge in [0, 0.05) is 11.7 Å². The number of imide groups is 2. The maximum absolute atomic E-state index is 12.8. The van der Waals surface area contributed by atoms with E-state index in [0.717, 1.165) is 34.6 Å². The molecule has 1 aromatic rings. The highest BCUT2D eigenvalue weighted by Gasteiger charge is 2.52. The predicted octanol–water partition coefficient (Wildman–Crippen LogP) is 2.55. The lowest BCUT2D eigenvalue weighted by Gasteiger charge is -2.32. The van der Waals surface area contributed by atoms with E-state index in [1.165, 1.54) is 6.42 Å². The number of nitrogens with zero attached hydrogens (tertiary/aromatic N) is 2. The van der Waals surface area contributed by atoms with Gasteiger partial charge in [-0.15, -0.1) is 0 Å². The predicted molar refractivity (Wildman–Crippen MR) is 102 cm³/mol. The molecule has 3 fully saturated rings. The van der Waals surface area contributed by atoms with E-state index in [1.807, 2.05) is 26.0 Å². The maximum atomic E-state index is 12.8. The number of hydrogen-bond donors (Lipinski definition) is 1. The molecule has 0 unspecified atom stereocenters. The maximum Gasteiger partial charge on any atom is 0.334 e. The van der Waals surface area contributed by atoms with Crippen molar-refractivity contribution < 1.29 is 19.2 Å². The summed E-state index contributed by atoms with van der Waals surface area (Å²) in [5.41, 5.74) is 1.49. The Hall–Kier alpha value is -2.70. The van der Waals surface area contributed by atoms with Crippen LogP contribution in [0.5, 0.6) is 0 Å². The second-order valence-electron chi connectivity index (χ2n) is 8.29. The van der Waals surface area contributed by atoms with E-state index in [0.29, 0.717) is 17.5 Å². The van der Waals surface area contributed by atoms with Crippen LogP contribution in [0.4, 0.5) is 10.5 Å². The highest BCUT2D eigenvalue weighted by molar-refractivity contribution is 6.45. The Labute approximate surface area is 164 Å². The van der Waals surface area contributed by atoms with Gasteiger partial charge in [0.25, 0.3) is 0 Å². The quantitative estimate of drug-likeness (QED) is 0.625. The normalized spacial score (nSPS) is 27.6. The van der Waals surface area contributed by atoms with Crippen LogP contribution in [0.15, 0.2) is 24.3 Å². The van der Waals surface area contributed by atoms with Gasteiger partial charge in [-0.05, 0) is 62.5 Å². The van der Waals surface area contributed by atoms with Crippen LogP contribution >= 0.6 is 0 Å². The topological polar surface area (TPSA) is 86.8 Å². The second kappa shape index (κ2) is 7.04. The standard InChI is InChI=1S/C21H25N3O4/c1-12-5-3-4-6-17(12)22-18(25)11-23-19(26)20(27)24(21(23)28)13(2)16-10-14-7-8-15(16)9-14/h3-6,13-16H,7-11H2,1-2H3,(H,22,25)/t13-,14-,15-,16+/m0/s1. The summed E-state index contributed by atoms with van der Waals surface area (Å²) in [6, 6.07) is 6.25. The summed E-state index contributed by atoms with van der Waals surface area (Å²) in [6.07, 6.45) is 4.51. The van der Waals surface area contributed by atoms with Crippen molar-refractivity contribution in [1.82, 2.24) is 9.80 Å². The van der Waals surface area contributed by atoms with Crippen molar-refractivity contribution >= 4 is 29.4 Å². The number of urea groups is 1. The van der Waals surface area contributed by atoms with Crippen LogP contribution in [-0.2, 0) is 14.4 Å². The zero-order chi connectivity index (χ0) is 20.0. The van der Waals surface area contributed by atoms with Gasteiger partial charge in [0.1, 0.15) is 6.54 Å². The third kappa shape index (κ3) is 3.08. The van der Waals surface area contributed by atoms with Crippen LogP contribution in [0.2, 0.25) is 0 Å². The number of para-hydroxylation sites is 1. The minimum Gasteiger partial charge on any atom is -0.324 e. The van der Waals surface area contributed by atoms with Crippen LogP contribution in [0.3, 0.4) is 0 Å². The molecule has 7 heteroatoms.